The number of ether oxygens (including phenoxy) is 1. The first-order chi connectivity index (χ1) is 8.63. The number of carbonyl (C=O) groups excluding carboxylic acids is 1. The minimum Gasteiger partial charge on any atom is -0.461 e. The van der Waals surface area contributed by atoms with Crippen molar-refractivity contribution in [1.29, 1.82) is 0 Å². The van der Waals surface area contributed by atoms with Crippen molar-refractivity contribution in [3.63, 3.8) is 0 Å². The first-order valence-electron chi connectivity index (χ1n) is 5.47. The van der Waals surface area contributed by atoms with Gasteiger partial charge < -0.3 is 15.0 Å². The topological polar surface area (TPSA) is 112 Å². The van der Waals surface area contributed by atoms with E-state index in [9.17, 15) is 4.79 Å². The predicted molar refractivity (Wildman–Crippen MR) is 62.8 cm³/mol. The van der Waals surface area contributed by atoms with E-state index in [0.29, 0.717) is 18.2 Å². The zero-order valence-corrected chi connectivity index (χ0v) is 10.2. The molecule has 8 heteroatoms. The second kappa shape index (κ2) is 4.86. The zero-order valence-electron chi connectivity index (χ0n) is 10.2. The maximum absolute atomic E-state index is 11.6. The van der Waals surface area contributed by atoms with Gasteiger partial charge >= 0.3 is 5.97 Å². The lowest BCUT2D eigenvalue weighted by molar-refractivity contribution is 0.0521. The highest BCUT2D eigenvalue weighted by atomic mass is 16.5. The third-order valence-corrected chi connectivity index (χ3v) is 2.44. The lowest BCUT2D eigenvalue weighted by Crippen LogP contribution is -2.11. The van der Waals surface area contributed by atoms with Crippen LogP contribution in [0, 0.1) is 6.92 Å². The quantitative estimate of drug-likeness (QED) is 0.745. The van der Waals surface area contributed by atoms with Crippen molar-refractivity contribution in [3.8, 4) is 0 Å². The maximum atomic E-state index is 11.6. The number of aryl methyl sites for hydroxylation is 1. The molecule has 8 nitrogen and oxygen atoms in total. The normalized spacial score (nSPS) is 10.6. The van der Waals surface area contributed by atoms with Gasteiger partial charge in [-0.2, -0.15) is 5.10 Å². The zero-order chi connectivity index (χ0) is 13.1. The van der Waals surface area contributed by atoms with Crippen LogP contribution in [0.1, 0.15) is 29.1 Å². The Kier molecular flexibility index (Phi) is 3.26. The summed E-state index contributed by atoms with van der Waals surface area (Å²) in [4.78, 5) is 19.7. The number of nitrogens with zero attached hydrogens (tertiary/aromatic N) is 4. The Morgan fingerprint density at radius 2 is 2.39 bits per heavy atom. The molecule has 0 bridgehead atoms. The molecule has 0 aliphatic carbocycles. The molecular weight excluding hydrogens is 236 g/mol. The van der Waals surface area contributed by atoms with E-state index in [1.54, 1.807) is 18.4 Å². The van der Waals surface area contributed by atoms with Crippen LogP contribution in [0.4, 0.5) is 5.82 Å². The van der Waals surface area contributed by atoms with Crippen LogP contribution in [0.3, 0.4) is 0 Å². The maximum Gasteiger partial charge on any atom is 0.360 e. The van der Waals surface area contributed by atoms with E-state index in [0.717, 1.165) is 0 Å². The van der Waals surface area contributed by atoms with Crippen LogP contribution in [-0.4, -0.2) is 37.3 Å². The fourth-order valence-electron chi connectivity index (χ4n) is 1.59. The van der Waals surface area contributed by atoms with Gasteiger partial charge in [-0.25, -0.2) is 14.8 Å². The molecule has 0 saturated carbocycles. The molecule has 0 aliphatic rings. The molecule has 0 aliphatic heterocycles. The fraction of sp³-hybridized carbons (Fsp3) is 0.400. The number of carbonyl (C=O) groups is 1. The molecule has 0 unspecified atom stereocenters. The van der Waals surface area contributed by atoms with E-state index in [1.807, 2.05) is 0 Å². The summed E-state index contributed by atoms with van der Waals surface area (Å²) in [6, 6.07) is 0. The van der Waals surface area contributed by atoms with E-state index in [-0.39, 0.29) is 18.1 Å². The third kappa shape index (κ3) is 2.17. The van der Waals surface area contributed by atoms with E-state index < -0.39 is 5.97 Å². The van der Waals surface area contributed by atoms with Crippen molar-refractivity contribution in [2.24, 2.45) is 0 Å². The standard InChI is InChI=1S/C10H14N6O2/c1-3-18-10(17)8-9(11)16(6(2)14-8)4-7-12-5-13-15-7/h5H,3-4,11H2,1-2H3,(H,12,13,15). The molecule has 0 spiro atoms. The Morgan fingerprint density at radius 1 is 1.61 bits per heavy atom. The van der Waals surface area contributed by atoms with Crippen LogP contribution in [0.25, 0.3) is 0 Å². The molecule has 2 aromatic heterocycles. The highest BCUT2D eigenvalue weighted by Gasteiger charge is 2.20. The van der Waals surface area contributed by atoms with Gasteiger partial charge in [0.05, 0.1) is 13.2 Å². The third-order valence-electron chi connectivity index (χ3n) is 2.44. The van der Waals surface area contributed by atoms with E-state index >= 15 is 0 Å². The van der Waals surface area contributed by atoms with Gasteiger partial charge in [0.15, 0.2) is 5.69 Å². The van der Waals surface area contributed by atoms with Gasteiger partial charge in [0.1, 0.15) is 23.8 Å². The lowest BCUT2D eigenvalue weighted by atomic mass is 10.4. The molecule has 18 heavy (non-hydrogen) atoms. The number of H-pyrrole nitrogens is 1. The summed E-state index contributed by atoms with van der Waals surface area (Å²) < 4.78 is 6.56. The molecule has 0 amide bonds. The van der Waals surface area contributed by atoms with Crippen LogP contribution < -0.4 is 5.73 Å². The second-order valence-electron chi connectivity index (χ2n) is 3.63. The number of imidazole rings is 1. The number of nitrogen functional groups attached to an aromatic ring is 1. The molecule has 2 rings (SSSR count). The fourth-order valence-corrected chi connectivity index (χ4v) is 1.59. The number of rotatable bonds is 4. The van der Waals surface area contributed by atoms with Crippen molar-refractivity contribution in [1.82, 2.24) is 24.7 Å². The highest BCUT2D eigenvalue weighted by molar-refractivity contribution is 5.92. The number of hydrogen-bond acceptors (Lipinski definition) is 6. The molecule has 2 aromatic rings. The van der Waals surface area contributed by atoms with Crippen molar-refractivity contribution < 1.29 is 9.53 Å². The van der Waals surface area contributed by atoms with Crippen LogP contribution >= 0.6 is 0 Å². The van der Waals surface area contributed by atoms with Gasteiger partial charge in [0.2, 0.25) is 0 Å². The first kappa shape index (κ1) is 12.1. The number of anilines is 1. The van der Waals surface area contributed by atoms with Crippen molar-refractivity contribution >= 4 is 11.8 Å². The number of nitrogens with one attached hydrogen (secondary N) is 1. The van der Waals surface area contributed by atoms with Gasteiger partial charge in [-0.1, -0.05) is 0 Å². The summed E-state index contributed by atoms with van der Waals surface area (Å²) in [5, 5.41) is 6.47. The Morgan fingerprint density at radius 3 is 3.00 bits per heavy atom. The average Bonchev–Trinajstić information content (AvgIpc) is 2.93. The smallest absolute Gasteiger partial charge is 0.360 e. The van der Waals surface area contributed by atoms with Crippen molar-refractivity contribution in [3.05, 3.63) is 23.7 Å². The Hall–Kier alpha value is -2.38. The summed E-state index contributed by atoms with van der Waals surface area (Å²) in [6.45, 7) is 4.15. The van der Waals surface area contributed by atoms with Gasteiger partial charge in [-0.05, 0) is 13.8 Å². The van der Waals surface area contributed by atoms with Gasteiger partial charge in [-0.3, -0.25) is 5.10 Å². The molecule has 0 atom stereocenters. The minimum atomic E-state index is -0.519. The summed E-state index contributed by atoms with van der Waals surface area (Å²) in [7, 11) is 0. The predicted octanol–water partition coefficient (Wildman–Crippen LogP) is 0.117. The Labute approximate surface area is 103 Å². The SMILES string of the molecule is CCOC(=O)c1nc(C)n(Cc2ncn[nH]2)c1N. The summed E-state index contributed by atoms with van der Waals surface area (Å²) in [6.07, 6.45) is 1.41. The number of hydrogen-bond donors (Lipinski definition) is 2. The summed E-state index contributed by atoms with van der Waals surface area (Å²) in [5.74, 6) is 1.00. The van der Waals surface area contributed by atoms with Gasteiger partial charge in [-0.15, -0.1) is 0 Å². The van der Waals surface area contributed by atoms with Gasteiger partial charge in [0.25, 0.3) is 0 Å². The highest BCUT2D eigenvalue weighted by Crippen LogP contribution is 2.16. The summed E-state index contributed by atoms with van der Waals surface area (Å²) in [5.41, 5.74) is 6.02. The Balaban J connectivity index is 2.29. The molecule has 0 radical (unpaired) electrons. The van der Waals surface area contributed by atoms with Gasteiger partial charge in [0, 0.05) is 0 Å². The monoisotopic (exact) mass is 250 g/mol. The molecular formula is C10H14N6O2. The van der Waals surface area contributed by atoms with Crippen LogP contribution in [0.2, 0.25) is 0 Å². The van der Waals surface area contributed by atoms with Crippen LogP contribution in [0.5, 0.6) is 0 Å². The molecule has 2 heterocycles. The molecule has 0 aromatic carbocycles. The number of esters is 1. The van der Waals surface area contributed by atoms with Crippen molar-refractivity contribution in [2.75, 3.05) is 12.3 Å². The molecule has 0 fully saturated rings. The first-order valence-corrected chi connectivity index (χ1v) is 5.47. The Bertz CT molecular complexity index is 545. The number of nitrogens with two attached hydrogens (primary N) is 1. The van der Waals surface area contributed by atoms with Crippen LogP contribution in [0.15, 0.2) is 6.33 Å². The number of aromatic nitrogens is 5. The molecule has 3 N–H and O–H groups in total. The number of aromatic amines is 1. The summed E-state index contributed by atoms with van der Waals surface area (Å²) >= 11 is 0. The van der Waals surface area contributed by atoms with E-state index in [1.165, 1.54) is 6.33 Å². The second-order valence-corrected chi connectivity index (χ2v) is 3.63. The minimum absolute atomic E-state index is 0.133. The molecule has 0 saturated heterocycles. The van der Waals surface area contributed by atoms with Crippen molar-refractivity contribution in [2.45, 2.75) is 20.4 Å². The molecule has 96 valence electrons. The van der Waals surface area contributed by atoms with E-state index in [2.05, 4.69) is 20.2 Å². The lowest BCUT2D eigenvalue weighted by Gasteiger charge is -2.04. The van der Waals surface area contributed by atoms with Crippen LogP contribution in [-0.2, 0) is 11.3 Å². The van der Waals surface area contributed by atoms with E-state index in [4.69, 9.17) is 10.5 Å². The largest absolute Gasteiger partial charge is 0.461 e. The average molecular weight is 250 g/mol.